The highest BCUT2D eigenvalue weighted by Gasteiger charge is 1.92. The van der Waals surface area contributed by atoms with Crippen molar-refractivity contribution in [2.24, 2.45) is 5.73 Å². The Morgan fingerprint density at radius 3 is 1.76 bits per heavy atom. The first kappa shape index (κ1) is 20.5. The molecule has 0 saturated carbocycles. The zero-order valence-corrected chi connectivity index (χ0v) is 14.5. The summed E-state index contributed by atoms with van der Waals surface area (Å²) >= 11 is 0. The molecule has 0 aliphatic heterocycles. The molecule has 0 fully saturated rings. The van der Waals surface area contributed by atoms with Crippen molar-refractivity contribution >= 4 is 0 Å². The molecule has 0 aliphatic rings. The van der Waals surface area contributed by atoms with E-state index in [1.54, 1.807) is 0 Å². The maximum Gasteiger partial charge on any atom is 0.0153 e. The predicted molar refractivity (Wildman–Crippen MR) is 96.5 cm³/mol. The van der Waals surface area contributed by atoms with Crippen molar-refractivity contribution in [2.75, 3.05) is 13.1 Å². The molecule has 0 aromatic rings. The van der Waals surface area contributed by atoms with E-state index >= 15 is 0 Å². The minimum Gasteiger partial charge on any atom is -0.391 e. The molecule has 0 aliphatic carbocycles. The van der Waals surface area contributed by atoms with Gasteiger partial charge in [0.15, 0.2) is 0 Å². The summed E-state index contributed by atoms with van der Waals surface area (Å²) in [6.45, 7) is 4.07. The van der Waals surface area contributed by atoms with Gasteiger partial charge in [-0.2, -0.15) is 0 Å². The number of rotatable bonds is 17. The Morgan fingerprint density at radius 1 is 0.714 bits per heavy atom. The lowest BCUT2D eigenvalue weighted by molar-refractivity contribution is 0.545. The van der Waals surface area contributed by atoms with Gasteiger partial charge in [-0.05, 0) is 32.0 Å². The van der Waals surface area contributed by atoms with Gasteiger partial charge >= 0.3 is 0 Å². The molecule has 0 atom stereocenters. The van der Waals surface area contributed by atoms with E-state index in [9.17, 15) is 0 Å². The summed E-state index contributed by atoms with van der Waals surface area (Å²) in [5.74, 6) is 0. The molecule has 0 saturated heterocycles. The van der Waals surface area contributed by atoms with E-state index in [0.717, 1.165) is 19.5 Å². The number of hydrogen-bond acceptors (Lipinski definition) is 2. The number of nitrogens with one attached hydrogen (secondary N) is 1. The zero-order valence-electron chi connectivity index (χ0n) is 14.5. The Balaban J connectivity index is 2.99. The molecular formula is C19H40N2. The molecule has 21 heavy (non-hydrogen) atoms. The quantitative estimate of drug-likeness (QED) is 0.346. The molecule has 0 aromatic heterocycles. The molecular weight excluding hydrogens is 256 g/mol. The molecule has 0 radical (unpaired) electrons. The Kier molecular flexibility index (Phi) is 19.0. The monoisotopic (exact) mass is 296 g/mol. The van der Waals surface area contributed by atoms with Gasteiger partial charge in [-0.15, -0.1) is 0 Å². The molecule has 3 N–H and O–H groups in total. The molecule has 0 heterocycles. The number of allylic oxidation sites excluding steroid dienone is 1. The first-order valence-electron chi connectivity index (χ1n) is 9.50. The van der Waals surface area contributed by atoms with Crippen LogP contribution in [0.25, 0.3) is 0 Å². The second kappa shape index (κ2) is 19.5. The molecule has 0 rings (SSSR count). The van der Waals surface area contributed by atoms with Gasteiger partial charge in [-0.1, -0.05) is 83.6 Å². The van der Waals surface area contributed by atoms with Crippen molar-refractivity contribution in [1.29, 1.82) is 0 Å². The van der Waals surface area contributed by atoms with Crippen LogP contribution in [0.2, 0.25) is 0 Å². The van der Waals surface area contributed by atoms with Gasteiger partial charge in [0, 0.05) is 6.54 Å². The van der Waals surface area contributed by atoms with Crippen molar-refractivity contribution in [3.8, 4) is 0 Å². The van der Waals surface area contributed by atoms with E-state index in [0.29, 0.717) is 0 Å². The van der Waals surface area contributed by atoms with E-state index in [1.165, 1.54) is 83.5 Å². The van der Waals surface area contributed by atoms with Crippen LogP contribution in [0.5, 0.6) is 0 Å². The molecule has 2 heteroatoms. The van der Waals surface area contributed by atoms with Crippen LogP contribution in [0.1, 0.15) is 96.8 Å². The SMILES string of the molecule is CCCCCCCCCCCCCCC=CNCCCN. The average Bonchev–Trinajstić information content (AvgIpc) is 2.50. The van der Waals surface area contributed by atoms with Crippen LogP contribution in [0.4, 0.5) is 0 Å². The van der Waals surface area contributed by atoms with E-state index in [2.05, 4.69) is 24.5 Å². The third-order valence-corrected chi connectivity index (χ3v) is 3.99. The van der Waals surface area contributed by atoms with E-state index in [-0.39, 0.29) is 0 Å². The highest BCUT2D eigenvalue weighted by molar-refractivity contribution is 4.79. The molecule has 0 bridgehead atoms. The highest BCUT2D eigenvalue weighted by atomic mass is 14.8. The summed E-state index contributed by atoms with van der Waals surface area (Å²) in [6, 6.07) is 0. The van der Waals surface area contributed by atoms with Gasteiger partial charge in [0.25, 0.3) is 0 Å². The topological polar surface area (TPSA) is 38.0 Å². The summed E-state index contributed by atoms with van der Waals surface area (Å²) in [4.78, 5) is 0. The predicted octanol–water partition coefficient (Wildman–Crippen LogP) is 5.53. The van der Waals surface area contributed by atoms with Gasteiger partial charge in [-0.3, -0.25) is 0 Å². The van der Waals surface area contributed by atoms with Crippen LogP contribution in [-0.2, 0) is 0 Å². The molecule has 0 unspecified atom stereocenters. The lowest BCUT2D eigenvalue weighted by Gasteiger charge is -2.02. The number of unbranched alkanes of at least 4 members (excludes halogenated alkanes) is 12. The van der Waals surface area contributed by atoms with Crippen molar-refractivity contribution in [3.05, 3.63) is 12.3 Å². The lowest BCUT2D eigenvalue weighted by atomic mass is 10.0. The van der Waals surface area contributed by atoms with Crippen LogP contribution in [0, 0.1) is 0 Å². The minimum atomic E-state index is 0.777. The van der Waals surface area contributed by atoms with Gasteiger partial charge in [-0.25, -0.2) is 0 Å². The summed E-state index contributed by atoms with van der Waals surface area (Å²) in [5.41, 5.74) is 5.43. The van der Waals surface area contributed by atoms with Gasteiger partial charge in [0.2, 0.25) is 0 Å². The second-order valence-corrected chi connectivity index (χ2v) is 6.18. The van der Waals surface area contributed by atoms with Crippen molar-refractivity contribution in [1.82, 2.24) is 5.32 Å². The van der Waals surface area contributed by atoms with Crippen molar-refractivity contribution in [2.45, 2.75) is 96.8 Å². The fraction of sp³-hybridized carbons (Fsp3) is 0.895. The summed E-state index contributed by atoms with van der Waals surface area (Å²) in [5, 5.41) is 3.27. The van der Waals surface area contributed by atoms with Crippen LogP contribution >= 0.6 is 0 Å². The van der Waals surface area contributed by atoms with Crippen molar-refractivity contribution in [3.63, 3.8) is 0 Å². The Hall–Kier alpha value is -0.500. The van der Waals surface area contributed by atoms with E-state index in [1.807, 2.05) is 0 Å². The van der Waals surface area contributed by atoms with Gasteiger partial charge in [0.1, 0.15) is 0 Å². The number of nitrogens with two attached hydrogens (primary N) is 1. The first-order valence-corrected chi connectivity index (χ1v) is 9.50. The smallest absolute Gasteiger partial charge is 0.0153 e. The summed E-state index contributed by atoms with van der Waals surface area (Å²) in [6.07, 6.45) is 23.7. The Labute approximate surface area is 134 Å². The van der Waals surface area contributed by atoms with E-state index in [4.69, 9.17) is 5.73 Å². The standard InChI is InChI=1S/C19H40N2/c1-2-3-4-5-6-7-8-9-10-11-12-13-14-15-18-21-19-16-17-20/h15,18,21H,2-14,16-17,19-20H2,1H3. The fourth-order valence-corrected chi connectivity index (χ4v) is 2.56. The van der Waals surface area contributed by atoms with Crippen LogP contribution in [0.3, 0.4) is 0 Å². The molecule has 0 spiro atoms. The average molecular weight is 297 g/mol. The van der Waals surface area contributed by atoms with Gasteiger partial charge in [0.05, 0.1) is 0 Å². The lowest BCUT2D eigenvalue weighted by Crippen LogP contribution is -2.11. The zero-order chi connectivity index (χ0) is 15.4. The third kappa shape index (κ3) is 19.5. The fourth-order valence-electron chi connectivity index (χ4n) is 2.56. The number of hydrogen-bond donors (Lipinski definition) is 2. The first-order chi connectivity index (χ1) is 10.4. The molecule has 126 valence electrons. The van der Waals surface area contributed by atoms with Crippen LogP contribution in [-0.4, -0.2) is 13.1 Å². The largest absolute Gasteiger partial charge is 0.391 e. The third-order valence-electron chi connectivity index (χ3n) is 3.99. The minimum absolute atomic E-state index is 0.777. The van der Waals surface area contributed by atoms with Crippen LogP contribution < -0.4 is 11.1 Å². The molecule has 0 aromatic carbocycles. The summed E-state index contributed by atoms with van der Waals surface area (Å²) < 4.78 is 0. The summed E-state index contributed by atoms with van der Waals surface area (Å²) in [7, 11) is 0. The normalized spacial score (nSPS) is 11.3. The van der Waals surface area contributed by atoms with E-state index < -0.39 is 0 Å². The maximum absolute atomic E-state index is 5.43. The maximum atomic E-state index is 5.43. The second-order valence-electron chi connectivity index (χ2n) is 6.18. The van der Waals surface area contributed by atoms with Crippen LogP contribution in [0.15, 0.2) is 12.3 Å². The highest BCUT2D eigenvalue weighted by Crippen LogP contribution is 2.12. The molecule has 2 nitrogen and oxygen atoms in total. The van der Waals surface area contributed by atoms with Gasteiger partial charge < -0.3 is 11.1 Å². The Morgan fingerprint density at radius 2 is 1.24 bits per heavy atom. The van der Waals surface area contributed by atoms with Crippen molar-refractivity contribution < 1.29 is 0 Å². The molecule has 0 amide bonds. The Bertz CT molecular complexity index is 202.